The number of aryl methyl sites for hydroxylation is 4. The third-order valence-corrected chi connectivity index (χ3v) is 5.75. The zero-order chi connectivity index (χ0) is 17.6. The topological polar surface area (TPSA) is 21.1 Å². The molecule has 0 spiro atoms. The molecule has 0 N–H and O–H groups in total. The van der Waals surface area contributed by atoms with Crippen LogP contribution in [-0.4, -0.2) is 28.0 Å². The molecule has 0 aliphatic carbocycles. The number of pyridine rings is 1. The third-order valence-electron chi connectivity index (χ3n) is 5.75. The van der Waals surface area contributed by atoms with Crippen LogP contribution >= 0.6 is 0 Å². The monoisotopic (exact) mass is 333 g/mol. The zero-order valence-corrected chi connectivity index (χ0v) is 15.7. The molecule has 1 aliphatic heterocycles. The molecule has 0 bridgehead atoms. The summed E-state index contributed by atoms with van der Waals surface area (Å²) in [5, 5.41) is 1.44. The van der Waals surface area contributed by atoms with Gasteiger partial charge in [0.05, 0.1) is 0 Å². The van der Waals surface area contributed by atoms with Gasteiger partial charge in [-0.3, -0.25) is 9.88 Å². The summed E-state index contributed by atoms with van der Waals surface area (Å²) < 4.78 is 2.56. The Labute approximate surface area is 150 Å². The molecule has 3 nitrogen and oxygen atoms in total. The second-order valence-electron chi connectivity index (χ2n) is 7.50. The van der Waals surface area contributed by atoms with E-state index >= 15 is 0 Å². The van der Waals surface area contributed by atoms with Gasteiger partial charge in [0.15, 0.2) is 0 Å². The lowest BCUT2D eigenvalue weighted by Gasteiger charge is -2.31. The molecule has 25 heavy (non-hydrogen) atoms. The highest BCUT2D eigenvalue weighted by Gasteiger charge is 2.27. The molecule has 0 amide bonds. The SMILES string of the molecule is Cc1ccc2c(c1)c1c(n2CCc2ccc(C)nc2)CCN(C)[C@@H]1C. The van der Waals surface area contributed by atoms with Gasteiger partial charge in [-0.05, 0) is 63.6 Å². The summed E-state index contributed by atoms with van der Waals surface area (Å²) in [6.07, 6.45) is 4.19. The molecule has 3 heteroatoms. The summed E-state index contributed by atoms with van der Waals surface area (Å²) in [6, 6.07) is 11.7. The average molecular weight is 333 g/mol. The van der Waals surface area contributed by atoms with Gasteiger partial charge in [-0.15, -0.1) is 0 Å². The molecule has 1 aromatic carbocycles. The summed E-state index contributed by atoms with van der Waals surface area (Å²) in [5.41, 5.74) is 8.20. The second kappa shape index (κ2) is 6.30. The minimum absolute atomic E-state index is 0.482. The van der Waals surface area contributed by atoms with Crippen LogP contribution in [0.2, 0.25) is 0 Å². The van der Waals surface area contributed by atoms with Crippen molar-refractivity contribution in [1.29, 1.82) is 0 Å². The number of aromatic nitrogens is 2. The van der Waals surface area contributed by atoms with Crippen LogP contribution in [-0.2, 0) is 19.4 Å². The van der Waals surface area contributed by atoms with Gasteiger partial charge < -0.3 is 4.57 Å². The predicted octanol–water partition coefficient (Wildman–Crippen LogP) is 4.44. The third kappa shape index (κ3) is 2.87. The highest BCUT2D eigenvalue weighted by atomic mass is 15.1. The highest BCUT2D eigenvalue weighted by Crippen LogP contribution is 2.37. The van der Waals surface area contributed by atoms with E-state index in [4.69, 9.17) is 0 Å². The Morgan fingerprint density at radius 3 is 2.76 bits per heavy atom. The van der Waals surface area contributed by atoms with E-state index < -0.39 is 0 Å². The Bertz CT molecular complexity index is 905. The van der Waals surface area contributed by atoms with Crippen molar-refractivity contribution in [2.45, 2.75) is 46.2 Å². The van der Waals surface area contributed by atoms with E-state index in [1.165, 1.54) is 33.3 Å². The van der Waals surface area contributed by atoms with Crippen molar-refractivity contribution in [3.05, 3.63) is 64.6 Å². The fourth-order valence-corrected chi connectivity index (χ4v) is 4.12. The number of hydrogen-bond donors (Lipinski definition) is 0. The lowest BCUT2D eigenvalue weighted by Crippen LogP contribution is -2.31. The molecule has 130 valence electrons. The normalized spacial score (nSPS) is 17.8. The molecule has 4 rings (SSSR count). The lowest BCUT2D eigenvalue weighted by molar-refractivity contribution is 0.245. The maximum Gasteiger partial charge on any atom is 0.0486 e. The molecule has 1 atom stereocenters. The van der Waals surface area contributed by atoms with E-state index in [0.29, 0.717) is 6.04 Å². The number of likely N-dealkylation sites (N-methyl/N-ethyl adjacent to an activating group) is 1. The van der Waals surface area contributed by atoms with Crippen LogP contribution in [0.25, 0.3) is 10.9 Å². The van der Waals surface area contributed by atoms with Crippen LogP contribution < -0.4 is 0 Å². The van der Waals surface area contributed by atoms with Gasteiger partial charge in [-0.2, -0.15) is 0 Å². The smallest absolute Gasteiger partial charge is 0.0486 e. The van der Waals surface area contributed by atoms with Crippen LogP contribution in [0.1, 0.15) is 41.0 Å². The number of hydrogen-bond acceptors (Lipinski definition) is 2. The minimum atomic E-state index is 0.482. The predicted molar refractivity (Wildman–Crippen MR) is 104 cm³/mol. The summed E-state index contributed by atoms with van der Waals surface area (Å²) >= 11 is 0. The van der Waals surface area contributed by atoms with Gasteiger partial charge >= 0.3 is 0 Å². The van der Waals surface area contributed by atoms with E-state index in [9.17, 15) is 0 Å². The van der Waals surface area contributed by atoms with E-state index in [0.717, 1.165) is 31.6 Å². The van der Waals surface area contributed by atoms with Gasteiger partial charge in [0, 0.05) is 54.0 Å². The van der Waals surface area contributed by atoms with Gasteiger partial charge in [0.1, 0.15) is 0 Å². The molecule has 0 radical (unpaired) electrons. The molecule has 3 heterocycles. The molecular weight excluding hydrogens is 306 g/mol. The molecule has 2 aromatic heterocycles. The summed E-state index contributed by atoms with van der Waals surface area (Å²) in [4.78, 5) is 6.92. The van der Waals surface area contributed by atoms with Crippen LogP contribution in [0.4, 0.5) is 0 Å². The summed E-state index contributed by atoms with van der Waals surface area (Å²) in [5.74, 6) is 0. The van der Waals surface area contributed by atoms with Crippen molar-refractivity contribution in [3.8, 4) is 0 Å². The van der Waals surface area contributed by atoms with Crippen molar-refractivity contribution in [1.82, 2.24) is 14.5 Å². The Morgan fingerprint density at radius 2 is 2.00 bits per heavy atom. The van der Waals surface area contributed by atoms with Crippen molar-refractivity contribution >= 4 is 10.9 Å². The maximum absolute atomic E-state index is 4.45. The van der Waals surface area contributed by atoms with Crippen LogP contribution in [0.3, 0.4) is 0 Å². The zero-order valence-electron chi connectivity index (χ0n) is 15.7. The summed E-state index contributed by atoms with van der Waals surface area (Å²) in [7, 11) is 2.24. The van der Waals surface area contributed by atoms with Crippen molar-refractivity contribution in [2.24, 2.45) is 0 Å². The standard InChI is InChI=1S/C22H27N3/c1-15-5-8-20-19(13-15)22-17(3)24(4)11-10-21(22)25(20)12-9-18-7-6-16(2)23-14-18/h5-8,13-14,17H,9-12H2,1-4H3/t17-/m1/s1. The fourth-order valence-electron chi connectivity index (χ4n) is 4.12. The molecule has 1 aliphatic rings. The van der Waals surface area contributed by atoms with E-state index in [2.05, 4.69) is 65.7 Å². The molecule has 0 unspecified atom stereocenters. The van der Waals surface area contributed by atoms with E-state index in [1.807, 2.05) is 13.1 Å². The van der Waals surface area contributed by atoms with E-state index in [1.54, 1.807) is 0 Å². The number of benzene rings is 1. The first-order valence-electron chi connectivity index (χ1n) is 9.28. The molecule has 0 saturated carbocycles. The van der Waals surface area contributed by atoms with Gasteiger partial charge in [0.2, 0.25) is 0 Å². The largest absolute Gasteiger partial charge is 0.344 e. The van der Waals surface area contributed by atoms with Crippen LogP contribution in [0.15, 0.2) is 36.5 Å². The Balaban J connectivity index is 1.76. The fraction of sp³-hybridized carbons (Fsp3) is 0.409. The number of nitrogens with zero attached hydrogens (tertiary/aromatic N) is 3. The van der Waals surface area contributed by atoms with Crippen molar-refractivity contribution in [3.63, 3.8) is 0 Å². The number of rotatable bonds is 3. The van der Waals surface area contributed by atoms with Crippen LogP contribution in [0.5, 0.6) is 0 Å². The molecule has 3 aromatic rings. The first-order chi connectivity index (χ1) is 12.0. The second-order valence-corrected chi connectivity index (χ2v) is 7.50. The Hall–Kier alpha value is -2.13. The Kier molecular flexibility index (Phi) is 4.12. The van der Waals surface area contributed by atoms with Crippen LogP contribution in [0, 0.1) is 13.8 Å². The quantitative estimate of drug-likeness (QED) is 0.706. The maximum atomic E-state index is 4.45. The van der Waals surface area contributed by atoms with Gasteiger partial charge in [0.25, 0.3) is 0 Å². The summed E-state index contributed by atoms with van der Waals surface area (Å²) in [6.45, 7) is 8.73. The Morgan fingerprint density at radius 1 is 1.16 bits per heavy atom. The van der Waals surface area contributed by atoms with Gasteiger partial charge in [-0.25, -0.2) is 0 Å². The van der Waals surface area contributed by atoms with Gasteiger partial charge in [-0.1, -0.05) is 17.7 Å². The average Bonchev–Trinajstić information content (AvgIpc) is 2.91. The number of fused-ring (bicyclic) bond motifs is 3. The first-order valence-corrected chi connectivity index (χ1v) is 9.28. The molecular formula is C22H27N3. The first kappa shape index (κ1) is 16.3. The minimum Gasteiger partial charge on any atom is -0.344 e. The van der Waals surface area contributed by atoms with Crippen molar-refractivity contribution < 1.29 is 0 Å². The van der Waals surface area contributed by atoms with Crippen molar-refractivity contribution in [2.75, 3.05) is 13.6 Å². The molecule has 0 fully saturated rings. The molecule has 0 saturated heterocycles. The van der Waals surface area contributed by atoms with E-state index in [-0.39, 0.29) is 0 Å². The highest BCUT2D eigenvalue weighted by molar-refractivity contribution is 5.87. The lowest BCUT2D eigenvalue weighted by atomic mass is 9.97.